The molecule has 0 aliphatic rings. The fourth-order valence-electron chi connectivity index (χ4n) is 1.52. The number of aliphatic hydroxyl groups is 1. The lowest BCUT2D eigenvalue weighted by Crippen LogP contribution is -2.20. The molecule has 0 saturated carbocycles. The summed E-state index contributed by atoms with van der Waals surface area (Å²) in [6.07, 6.45) is 0. The lowest BCUT2D eigenvalue weighted by Gasteiger charge is -2.26. The molecule has 128 valence electrons. The van der Waals surface area contributed by atoms with Crippen LogP contribution in [0.2, 0.25) is 0 Å². The van der Waals surface area contributed by atoms with E-state index in [1.807, 2.05) is 20.8 Å². The maximum Gasteiger partial charge on any atom is 0.176 e. The van der Waals surface area contributed by atoms with Crippen LogP contribution in [0.1, 0.15) is 15.0 Å². The van der Waals surface area contributed by atoms with Crippen molar-refractivity contribution in [3.63, 3.8) is 0 Å². The first-order valence-electron chi connectivity index (χ1n) is 6.56. The summed E-state index contributed by atoms with van der Waals surface area (Å²) in [6, 6.07) is 0. The quantitative estimate of drug-likeness (QED) is 0.438. The van der Waals surface area contributed by atoms with Gasteiger partial charge in [0.15, 0.2) is 13.0 Å². The molecule has 0 atom stereocenters. The minimum absolute atomic E-state index is 0.0944. The van der Waals surface area contributed by atoms with E-state index in [-0.39, 0.29) is 6.61 Å². The molecular formula is C11H12N6OS6. The molecule has 0 saturated heterocycles. The highest BCUT2D eigenvalue weighted by atomic mass is 32.3. The van der Waals surface area contributed by atoms with E-state index < -0.39 is 3.41 Å². The van der Waals surface area contributed by atoms with Crippen LogP contribution in [0.15, 0.2) is 13.0 Å². The first-order valence-corrected chi connectivity index (χ1v) is 11.5. The number of aliphatic hydroxyl groups excluding tert-OH is 1. The minimum Gasteiger partial charge on any atom is -0.393 e. The van der Waals surface area contributed by atoms with Crippen molar-refractivity contribution in [2.75, 3.05) is 6.61 Å². The van der Waals surface area contributed by atoms with Crippen molar-refractivity contribution in [2.24, 2.45) is 0 Å². The Morgan fingerprint density at radius 2 is 1.04 bits per heavy atom. The summed E-state index contributed by atoms with van der Waals surface area (Å²) in [6.45, 7) is 5.63. The van der Waals surface area contributed by atoms with E-state index in [1.54, 1.807) is 0 Å². The van der Waals surface area contributed by atoms with Crippen LogP contribution in [-0.4, -0.2) is 45.7 Å². The van der Waals surface area contributed by atoms with E-state index in [1.165, 1.54) is 69.3 Å². The Bertz CT molecular complexity index is 712. The molecule has 0 amide bonds. The van der Waals surface area contributed by atoms with E-state index >= 15 is 0 Å². The molecule has 3 aromatic heterocycles. The summed E-state index contributed by atoms with van der Waals surface area (Å²) >= 11 is 8.89. The predicted octanol–water partition coefficient (Wildman–Crippen LogP) is 3.49. The minimum atomic E-state index is -0.677. The molecule has 3 aromatic rings. The SMILES string of the molecule is Cc1nnc(SC(CO)(Sc2nnc(C)s2)Sc2nnc(C)s2)s1. The third-order valence-corrected chi connectivity index (χ3v) is 9.43. The number of nitrogens with zero attached hydrogens (tertiary/aromatic N) is 6. The molecule has 7 nitrogen and oxygen atoms in total. The second-order valence-corrected chi connectivity index (χ2v) is 13.4. The predicted molar refractivity (Wildman–Crippen MR) is 101 cm³/mol. The zero-order valence-electron chi connectivity index (χ0n) is 12.8. The molecule has 0 radical (unpaired) electrons. The van der Waals surface area contributed by atoms with Gasteiger partial charge in [0, 0.05) is 0 Å². The smallest absolute Gasteiger partial charge is 0.176 e. The summed E-state index contributed by atoms with van der Waals surface area (Å²) in [5.41, 5.74) is 0. The van der Waals surface area contributed by atoms with E-state index in [0.717, 1.165) is 28.0 Å². The Morgan fingerprint density at radius 3 is 1.25 bits per heavy atom. The first-order chi connectivity index (χ1) is 11.5. The van der Waals surface area contributed by atoms with Crippen LogP contribution in [0, 0.1) is 20.8 Å². The number of aryl methyl sites for hydroxylation is 3. The van der Waals surface area contributed by atoms with Crippen LogP contribution in [-0.2, 0) is 0 Å². The molecule has 0 bridgehead atoms. The van der Waals surface area contributed by atoms with Crippen LogP contribution >= 0.6 is 69.3 Å². The Morgan fingerprint density at radius 1 is 0.708 bits per heavy atom. The molecule has 0 aliphatic heterocycles. The van der Waals surface area contributed by atoms with Crippen LogP contribution < -0.4 is 0 Å². The van der Waals surface area contributed by atoms with Crippen molar-refractivity contribution in [1.82, 2.24) is 30.6 Å². The third-order valence-electron chi connectivity index (χ3n) is 2.44. The number of hydrogen-bond acceptors (Lipinski definition) is 13. The molecule has 0 unspecified atom stereocenters. The Balaban J connectivity index is 1.90. The lowest BCUT2D eigenvalue weighted by molar-refractivity contribution is 0.308. The first kappa shape index (κ1) is 18.5. The highest BCUT2D eigenvalue weighted by molar-refractivity contribution is 8.34. The van der Waals surface area contributed by atoms with Crippen LogP contribution in [0.5, 0.6) is 0 Å². The van der Waals surface area contributed by atoms with Crippen molar-refractivity contribution in [3.05, 3.63) is 15.0 Å². The molecule has 1 N–H and O–H groups in total. The van der Waals surface area contributed by atoms with Gasteiger partial charge in [-0.15, -0.1) is 30.6 Å². The molecule has 0 aliphatic carbocycles. The van der Waals surface area contributed by atoms with Gasteiger partial charge in [0.05, 0.1) is 6.61 Å². The van der Waals surface area contributed by atoms with Gasteiger partial charge in [0.1, 0.15) is 18.4 Å². The van der Waals surface area contributed by atoms with Gasteiger partial charge in [-0.05, 0) is 20.8 Å². The maximum absolute atomic E-state index is 10.2. The molecule has 0 fully saturated rings. The lowest BCUT2D eigenvalue weighted by atomic mass is 10.8. The highest BCUT2D eigenvalue weighted by Gasteiger charge is 2.38. The van der Waals surface area contributed by atoms with Crippen LogP contribution in [0.4, 0.5) is 0 Å². The van der Waals surface area contributed by atoms with Crippen molar-refractivity contribution < 1.29 is 5.11 Å². The Labute approximate surface area is 163 Å². The topological polar surface area (TPSA) is 97.6 Å². The van der Waals surface area contributed by atoms with Gasteiger partial charge in [-0.25, -0.2) is 0 Å². The zero-order chi connectivity index (χ0) is 17.2. The Kier molecular flexibility index (Phi) is 6.11. The van der Waals surface area contributed by atoms with Crippen molar-refractivity contribution in [2.45, 2.75) is 37.2 Å². The van der Waals surface area contributed by atoms with Gasteiger partial charge in [-0.1, -0.05) is 69.3 Å². The summed E-state index contributed by atoms with van der Waals surface area (Å²) in [7, 11) is 0. The van der Waals surface area contributed by atoms with Crippen LogP contribution in [0.25, 0.3) is 0 Å². The standard InChI is InChI=1S/C11H12N6OS6/c1-5-12-15-8(19-5)22-11(4-18,23-9-16-13-6(2)20-9)24-10-17-14-7(3)21-10/h18H,4H2,1-3H3. The number of hydrogen-bond donors (Lipinski definition) is 1. The number of rotatable bonds is 7. The van der Waals surface area contributed by atoms with Gasteiger partial charge in [-0.2, -0.15) is 0 Å². The Hall–Kier alpha value is -0.310. The average molecular weight is 437 g/mol. The average Bonchev–Trinajstić information content (AvgIpc) is 3.23. The van der Waals surface area contributed by atoms with Gasteiger partial charge in [0.2, 0.25) is 0 Å². The van der Waals surface area contributed by atoms with Gasteiger partial charge in [0.25, 0.3) is 0 Å². The van der Waals surface area contributed by atoms with Gasteiger partial charge >= 0.3 is 0 Å². The molecule has 13 heteroatoms. The monoisotopic (exact) mass is 436 g/mol. The van der Waals surface area contributed by atoms with E-state index in [9.17, 15) is 5.11 Å². The number of thioether (sulfide) groups is 3. The van der Waals surface area contributed by atoms with E-state index in [2.05, 4.69) is 30.6 Å². The normalized spacial score (nSPS) is 12.0. The largest absolute Gasteiger partial charge is 0.393 e. The van der Waals surface area contributed by atoms with E-state index in [0.29, 0.717) is 0 Å². The molecule has 0 spiro atoms. The highest BCUT2D eigenvalue weighted by Crippen LogP contribution is 2.56. The van der Waals surface area contributed by atoms with Crippen LogP contribution in [0.3, 0.4) is 0 Å². The summed E-state index contributed by atoms with van der Waals surface area (Å²) in [4.78, 5) is 0. The summed E-state index contributed by atoms with van der Waals surface area (Å²) in [5.74, 6) is 0. The molecule has 0 aromatic carbocycles. The second kappa shape index (κ2) is 7.93. The van der Waals surface area contributed by atoms with Gasteiger partial charge < -0.3 is 5.11 Å². The van der Waals surface area contributed by atoms with Crippen molar-refractivity contribution >= 4 is 69.3 Å². The molecule has 24 heavy (non-hydrogen) atoms. The fraction of sp³-hybridized carbons (Fsp3) is 0.455. The molecule has 3 rings (SSSR count). The fourth-order valence-corrected chi connectivity index (χ4v) is 9.74. The maximum atomic E-state index is 10.2. The number of aromatic nitrogens is 6. The molecule has 3 heterocycles. The molecular weight excluding hydrogens is 425 g/mol. The summed E-state index contributed by atoms with van der Waals surface area (Å²) < 4.78 is 1.71. The second-order valence-electron chi connectivity index (χ2n) is 4.41. The zero-order valence-corrected chi connectivity index (χ0v) is 17.7. The van der Waals surface area contributed by atoms with Gasteiger partial charge in [-0.3, -0.25) is 0 Å². The van der Waals surface area contributed by atoms with Crippen molar-refractivity contribution in [1.29, 1.82) is 0 Å². The third kappa shape index (κ3) is 4.65. The van der Waals surface area contributed by atoms with Crippen molar-refractivity contribution in [3.8, 4) is 0 Å². The summed E-state index contributed by atoms with van der Waals surface area (Å²) in [5, 5.41) is 37.5. The van der Waals surface area contributed by atoms with E-state index in [4.69, 9.17) is 0 Å².